The number of hydrogen-bond donors (Lipinski definition) is 1. The Morgan fingerprint density at radius 2 is 1.84 bits per heavy atom. The van der Waals surface area contributed by atoms with Crippen LogP contribution in [0.3, 0.4) is 0 Å². The van der Waals surface area contributed by atoms with E-state index in [4.69, 9.17) is 5.11 Å². The lowest BCUT2D eigenvalue weighted by Crippen LogP contribution is -2.24. The van der Waals surface area contributed by atoms with Crippen molar-refractivity contribution in [1.29, 1.82) is 0 Å². The van der Waals surface area contributed by atoms with Crippen LogP contribution in [0.25, 0.3) is 5.69 Å². The van der Waals surface area contributed by atoms with Gasteiger partial charge in [0.25, 0.3) is 0 Å². The molecule has 1 N–H and O–H groups in total. The van der Waals surface area contributed by atoms with Crippen LogP contribution in [0.1, 0.15) is 31.9 Å². The van der Waals surface area contributed by atoms with Crippen molar-refractivity contribution in [3.63, 3.8) is 0 Å². The monoisotopic (exact) mass is 260 g/mol. The van der Waals surface area contributed by atoms with Gasteiger partial charge in [-0.2, -0.15) is 0 Å². The lowest BCUT2D eigenvalue weighted by Gasteiger charge is -2.06. The molecule has 4 nitrogen and oxygen atoms in total. The molecule has 0 aliphatic carbocycles. The Bertz CT molecular complexity index is 579. The average molecular weight is 260 g/mol. The molecule has 0 aliphatic heterocycles. The highest BCUT2D eigenvalue weighted by Gasteiger charge is 2.07. The molecule has 1 aromatic heterocycles. The number of rotatable bonds is 5. The van der Waals surface area contributed by atoms with E-state index in [0.29, 0.717) is 0 Å². The number of aliphatic hydroxyl groups is 1. The lowest BCUT2D eigenvalue weighted by atomic mass is 10.1. The molecule has 0 amide bonds. The number of aromatic nitrogens is 2. The number of hydrogen-bond acceptors (Lipinski definition) is 2. The van der Waals surface area contributed by atoms with Gasteiger partial charge in [0.1, 0.15) is 0 Å². The van der Waals surface area contributed by atoms with Crippen molar-refractivity contribution in [2.45, 2.75) is 32.7 Å². The zero-order valence-corrected chi connectivity index (χ0v) is 11.4. The van der Waals surface area contributed by atoms with E-state index >= 15 is 0 Å². The number of nitrogens with zero attached hydrogens (tertiary/aromatic N) is 2. The fraction of sp³-hybridized carbons (Fsp3) is 0.400. The maximum atomic E-state index is 12.2. The maximum absolute atomic E-state index is 12.2. The van der Waals surface area contributed by atoms with Crippen molar-refractivity contribution in [3.05, 3.63) is 52.7 Å². The second-order valence-corrected chi connectivity index (χ2v) is 4.95. The van der Waals surface area contributed by atoms with Gasteiger partial charge in [0, 0.05) is 25.0 Å². The van der Waals surface area contributed by atoms with E-state index < -0.39 is 0 Å². The molecule has 0 spiro atoms. The molecule has 1 aromatic carbocycles. The first-order valence-electron chi connectivity index (χ1n) is 6.63. The molecule has 0 atom stereocenters. The molecule has 19 heavy (non-hydrogen) atoms. The van der Waals surface area contributed by atoms with Crippen molar-refractivity contribution in [1.82, 2.24) is 9.13 Å². The highest BCUT2D eigenvalue weighted by molar-refractivity contribution is 5.34. The molecule has 0 aliphatic rings. The van der Waals surface area contributed by atoms with Gasteiger partial charge in [-0.15, -0.1) is 0 Å². The van der Waals surface area contributed by atoms with Crippen molar-refractivity contribution in [2.75, 3.05) is 6.61 Å². The summed E-state index contributed by atoms with van der Waals surface area (Å²) < 4.78 is 3.36. The molecule has 2 rings (SSSR count). The van der Waals surface area contributed by atoms with E-state index in [1.165, 1.54) is 5.56 Å². The second kappa shape index (κ2) is 5.89. The smallest absolute Gasteiger partial charge is 0.332 e. The fourth-order valence-electron chi connectivity index (χ4n) is 2.09. The standard InChI is InChI=1S/C15H20N2O2/c1-12(2)16-9-10-17(15(16)19)14-7-5-13(6-8-14)4-3-11-18/h5-10,12,18H,3-4,11H2,1-2H3. The summed E-state index contributed by atoms with van der Waals surface area (Å²) in [5.74, 6) is 0. The van der Waals surface area contributed by atoms with Gasteiger partial charge in [-0.25, -0.2) is 4.79 Å². The van der Waals surface area contributed by atoms with Gasteiger partial charge in [0.05, 0.1) is 5.69 Å². The third kappa shape index (κ3) is 2.96. The summed E-state index contributed by atoms with van der Waals surface area (Å²) in [7, 11) is 0. The number of benzene rings is 1. The maximum Gasteiger partial charge on any atom is 0.332 e. The van der Waals surface area contributed by atoms with Crippen LogP contribution >= 0.6 is 0 Å². The average Bonchev–Trinajstić information content (AvgIpc) is 2.79. The summed E-state index contributed by atoms with van der Waals surface area (Å²) in [5, 5.41) is 8.80. The molecule has 102 valence electrons. The molecule has 0 saturated heterocycles. The van der Waals surface area contributed by atoms with Crippen LogP contribution in [0.4, 0.5) is 0 Å². The molecule has 0 fully saturated rings. The summed E-state index contributed by atoms with van der Waals surface area (Å²) in [5.41, 5.74) is 2.03. The zero-order valence-electron chi connectivity index (χ0n) is 11.4. The Kier molecular flexibility index (Phi) is 4.22. The predicted octanol–water partition coefficient (Wildman–Crippen LogP) is 2.14. The Hall–Kier alpha value is -1.81. The van der Waals surface area contributed by atoms with Crippen LogP contribution in [0, 0.1) is 0 Å². The first-order valence-corrected chi connectivity index (χ1v) is 6.63. The second-order valence-electron chi connectivity index (χ2n) is 4.95. The summed E-state index contributed by atoms with van der Waals surface area (Å²) in [6.45, 7) is 4.19. The van der Waals surface area contributed by atoms with Crippen LogP contribution in [0.2, 0.25) is 0 Å². The predicted molar refractivity (Wildman–Crippen MR) is 75.8 cm³/mol. The minimum atomic E-state index is -0.0156. The Balaban J connectivity index is 2.25. The SMILES string of the molecule is CC(C)n1ccn(-c2ccc(CCCO)cc2)c1=O. The third-order valence-electron chi connectivity index (χ3n) is 3.20. The van der Waals surface area contributed by atoms with E-state index in [1.807, 2.05) is 44.3 Å². The van der Waals surface area contributed by atoms with Crippen LogP contribution in [-0.2, 0) is 6.42 Å². The van der Waals surface area contributed by atoms with Gasteiger partial charge in [0.15, 0.2) is 0 Å². The molecule has 0 saturated carbocycles. The van der Waals surface area contributed by atoms with Gasteiger partial charge in [-0.1, -0.05) is 12.1 Å². The Morgan fingerprint density at radius 3 is 2.37 bits per heavy atom. The molecule has 0 bridgehead atoms. The molecule has 1 heterocycles. The number of imidazole rings is 1. The van der Waals surface area contributed by atoms with Crippen molar-refractivity contribution in [2.24, 2.45) is 0 Å². The van der Waals surface area contributed by atoms with Crippen LogP contribution in [0.5, 0.6) is 0 Å². The quantitative estimate of drug-likeness (QED) is 0.895. The Morgan fingerprint density at radius 1 is 1.16 bits per heavy atom. The van der Waals surface area contributed by atoms with E-state index in [-0.39, 0.29) is 18.3 Å². The first-order chi connectivity index (χ1) is 9.13. The van der Waals surface area contributed by atoms with Gasteiger partial charge >= 0.3 is 5.69 Å². The molecular weight excluding hydrogens is 240 g/mol. The molecule has 0 radical (unpaired) electrons. The van der Waals surface area contributed by atoms with Gasteiger partial charge < -0.3 is 5.11 Å². The van der Waals surface area contributed by atoms with Crippen molar-refractivity contribution >= 4 is 0 Å². The summed E-state index contributed by atoms with van der Waals surface area (Å²) in [6.07, 6.45) is 5.24. The van der Waals surface area contributed by atoms with Gasteiger partial charge in [-0.05, 0) is 44.4 Å². The van der Waals surface area contributed by atoms with Crippen LogP contribution in [-0.4, -0.2) is 20.8 Å². The highest BCUT2D eigenvalue weighted by atomic mass is 16.2. The minimum Gasteiger partial charge on any atom is -0.396 e. The molecule has 4 heteroatoms. The number of aliphatic hydroxyl groups excluding tert-OH is 1. The highest BCUT2D eigenvalue weighted by Crippen LogP contribution is 2.10. The fourth-order valence-corrected chi connectivity index (χ4v) is 2.09. The summed E-state index contributed by atoms with van der Waals surface area (Å²) in [4.78, 5) is 12.2. The Labute approximate surface area is 112 Å². The largest absolute Gasteiger partial charge is 0.396 e. The van der Waals surface area contributed by atoms with Crippen LogP contribution in [0.15, 0.2) is 41.5 Å². The number of aryl methyl sites for hydroxylation is 1. The summed E-state index contributed by atoms with van der Waals surface area (Å²) in [6, 6.07) is 8.06. The molecule has 0 unspecified atom stereocenters. The normalized spacial score (nSPS) is 11.2. The topological polar surface area (TPSA) is 47.2 Å². The van der Waals surface area contributed by atoms with E-state index in [9.17, 15) is 4.79 Å². The molecule has 2 aromatic rings. The minimum absolute atomic E-state index is 0.0156. The van der Waals surface area contributed by atoms with Gasteiger partial charge in [0.2, 0.25) is 0 Å². The van der Waals surface area contributed by atoms with E-state index in [0.717, 1.165) is 18.5 Å². The third-order valence-corrected chi connectivity index (χ3v) is 3.20. The zero-order chi connectivity index (χ0) is 13.8. The van der Waals surface area contributed by atoms with E-state index in [2.05, 4.69) is 0 Å². The van der Waals surface area contributed by atoms with E-state index in [1.54, 1.807) is 15.3 Å². The van der Waals surface area contributed by atoms with Crippen LogP contribution < -0.4 is 5.69 Å². The van der Waals surface area contributed by atoms with Crippen molar-refractivity contribution < 1.29 is 5.11 Å². The lowest BCUT2D eigenvalue weighted by molar-refractivity contribution is 0.288. The van der Waals surface area contributed by atoms with Crippen molar-refractivity contribution in [3.8, 4) is 5.69 Å². The van der Waals surface area contributed by atoms with Gasteiger partial charge in [-0.3, -0.25) is 9.13 Å². The first kappa shape index (κ1) is 13.6. The molecular formula is C15H20N2O2. The summed E-state index contributed by atoms with van der Waals surface area (Å²) >= 11 is 0.